The minimum atomic E-state index is -3.23. The van der Waals surface area contributed by atoms with Crippen molar-refractivity contribution >= 4 is 15.7 Å². The smallest absolute Gasteiger partial charge is 0.258 e. The van der Waals surface area contributed by atoms with Crippen molar-refractivity contribution in [1.82, 2.24) is 15.3 Å². The van der Waals surface area contributed by atoms with E-state index in [1.165, 1.54) is 12.3 Å². The van der Waals surface area contributed by atoms with Gasteiger partial charge < -0.3 is 10.1 Å². The first kappa shape index (κ1) is 18.1. The van der Waals surface area contributed by atoms with Crippen molar-refractivity contribution in [3.63, 3.8) is 0 Å². The predicted molar refractivity (Wildman–Crippen MR) is 96.8 cm³/mol. The third kappa shape index (κ3) is 5.13. The number of hydrogen-bond donors (Lipinski definition) is 1. The normalized spacial score (nSPS) is 14.3. The highest BCUT2D eigenvalue weighted by Crippen LogP contribution is 2.39. The van der Waals surface area contributed by atoms with E-state index in [4.69, 9.17) is 4.74 Å². The number of sulfone groups is 1. The number of nitrogens with zero attached hydrogens (tertiary/aromatic N) is 2. The quantitative estimate of drug-likeness (QED) is 0.800. The molecule has 0 unspecified atom stereocenters. The van der Waals surface area contributed by atoms with Crippen LogP contribution in [-0.2, 0) is 9.84 Å². The van der Waals surface area contributed by atoms with E-state index < -0.39 is 15.7 Å². The molecule has 1 N–H and O–H groups in total. The van der Waals surface area contributed by atoms with E-state index in [9.17, 15) is 13.2 Å². The molecule has 136 valence electrons. The fourth-order valence-corrected chi connectivity index (χ4v) is 2.67. The number of carbonyl (C=O) groups is 1. The fourth-order valence-electron chi connectivity index (χ4n) is 2.22. The van der Waals surface area contributed by atoms with Gasteiger partial charge in [-0.2, -0.15) is 4.98 Å². The molecule has 0 saturated heterocycles. The number of aromatic nitrogens is 2. The van der Waals surface area contributed by atoms with Crippen LogP contribution in [0.4, 0.5) is 0 Å². The Morgan fingerprint density at radius 3 is 2.69 bits per heavy atom. The van der Waals surface area contributed by atoms with Gasteiger partial charge in [0.25, 0.3) is 5.91 Å². The van der Waals surface area contributed by atoms with Crippen LogP contribution in [0, 0.1) is 0 Å². The van der Waals surface area contributed by atoms with Crippen LogP contribution in [0.25, 0.3) is 0 Å². The average Bonchev–Trinajstić information content (AvgIpc) is 3.44. The molecule has 1 aliphatic rings. The fraction of sp³-hybridized carbons (Fsp3) is 0.278. The van der Waals surface area contributed by atoms with Crippen LogP contribution in [-0.4, -0.2) is 37.1 Å². The van der Waals surface area contributed by atoms with Crippen LogP contribution >= 0.6 is 0 Å². The van der Waals surface area contributed by atoms with E-state index in [2.05, 4.69) is 15.3 Å². The van der Waals surface area contributed by atoms with Crippen LogP contribution in [0.5, 0.6) is 11.6 Å². The maximum atomic E-state index is 12.4. The summed E-state index contributed by atoms with van der Waals surface area (Å²) in [6.45, 7) is 0.0705. The summed E-state index contributed by atoms with van der Waals surface area (Å²) in [5, 5.41) is 3.65. The first-order valence-corrected chi connectivity index (χ1v) is 10.1. The van der Waals surface area contributed by atoms with Crippen molar-refractivity contribution < 1.29 is 17.9 Å². The van der Waals surface area contributed by atoms with Crippen LogP contribution in [0.3, 0.4) is 0 Å². The standard InChI is InChI=1S/C18H19N3O4S/c1-26(23,24)11-5-10-19-17(22)15-12-20-16(13-8-9-13)21-18(15)25-14-6-3-2-4-7-14/h2-7,11-13H,8-10H2,1H3,(H,19,22)/b11-5+. The molecule has 26 heavy (non-hydrogen) atoms. The molecule has 7 nitrogen and oxygen atoms in total. The number of carbonyl (C=O) groups excluding carboxylic acids is 1. The molecule has 1 aromatic carbocycles. The Morgan fingerprint density at radius 1 is 1.31 bits per heavy atom. The maximum Gasteiger partial charge on any atom is 0.258 e. The molecule has 0 radical (unpaired) electrons. The number of hydrogen-bond acceptors (Lipinski definition) is 6. The topological polar surface area (TPSA) is 98.2 Å². The van der Waals surface area contributed by atoms with Gasteiger partial charge in [0, 0.05) is 30.3 Å². The second-order valence-corrected chi connectivity index (χ2v) is 7.98. The number of para-hydroxylation sites is 1. The summed E-state index contributed by atoms with van der Waals surface area (Å²) in [7, 11) is -3.23. The Labute approximate surface area is 152 Å². The van der Waals surface area contributed by atoms with E-state index in [-0.39, 0.29) is 18.0 Å². The van der Waals surface area contributed by atoms with Gasteiger partial charge in [-0.25, -0.2) is 13.4 Å². The summed E-state index contributed by atoms with van der Waals surface area (Å²) in [5.41, 5.74) is 0.200. The zero-order valence-corrected chi connectivity index (χ0v) is 15.1. The SMILES string of the molecule is CS(=O)(=O)/C=C/CNC(=O)c1cnc(C2CC2)nc1Oc1ccccc1. The van der Waals surface area contributed by atoms with Crippen molar-refractivity contribution in [1.29, 1.82) is 0 Å². The molecule has 0 atom stereocenters. The van der Waals surface area contributed by atoms with E-state index >= 15 is 0 Å². The minimum Gasteiger partial charge on any atom is -0.438 e. The zero-order chi connectivity index (χ0) is 18.6. The van der Waals surface area contributed by atoms with Crippen LogP contribution in [0.15, 0.2) is 48.0 Å². The molecule has 0 aliphatic heterocycles. The van der Waals surface area contributed by atoms with Crippen LogP contribution < -0.4 is 10.1 Å². The Balaban J connectivity index is 1.78. The summed E-state index contributed by atoms with van der Waals surface area (Å²) in [4.78, 5) is 21.1. The molecule has 3 rings (SSSR count). The highest BCUT2D eigenvalue weighted by Gasteiger charge is 2.28. The molecule has 1 aliphatic carbocycles. The summed E-state index contributed by atoms with van der Waals surface area (Å²) in [5.74, 6) is 1.32. The Hall–Kier alpha value is -2.74. The van der Waals surface area contributed by atoms with E-state index in [1.54, 1.807) is 12.1 Å². The lowest BCUT2D eigenvalue weighted by atomic mass is 10.2. The first-order chi connectivity index (χ1) is 12.4. The molecule has 1 aromatic heterocycles. The van der Waals surface area contributed by atoms with Gasteiger partial charge in [-0.3, -0.25) is 4.79 Å². The lowest BCUT2D eigenvalue weighted by Crippen LogP contribution is -2.24. The largest absolute Gasteiger partial charge is 0.438 e. The molecule has 8 heteroatoms. The van der Waals surface area contributed by atoms with Gasteiger partial charge in [0.2, 0.25) is 5.88 Å². The van der Waals surface area contributed by atoms with Gasteiger partial charge in [0.15, 0.2) is 9.84 Å². The lowest BCUT2D eigenvalue weighted by Gasteiger charge is -2.11. The first-order valence-electron chi connectivity index (χ1n) is 8.17. The Kier molecular flexibility index (Phi) is 5.32. The van der Waals surface area contributed by atoms with Crippen molar-refractivity contribution in [3.8, 4) is 11.6 Å². The summed E-state index contributed by atoms with van der Waals surface area (Å²) < 4.78 is 27.9. The van der Waals surface area contributed by atoms with Gasteiger partial charge >= 0.3 is 0 Å². The second-order valence-electron chi connectivity index (χ2n) is 6.05. The summed E-state index contributed by atoms with van der Waals surface area (Å²) in [6, 6.07) is 9.07. The van der Waals surface area contributed by atoms with E-state index in [0.717, 1.165) is 24.5 Å². The van der Waals surface area contributed by atoms with Crippen molar-refractivity contribution in [2.24, 2.45) is 0 Å². The Morgan fingerprint density at radius 2 is 2.04 bits per heavy atom. The van der Waals surface area contributed by atoms with Crippen molar-refractivity contribution in [3.05, 3.63) is 59.4 Å². The lowest BCUT2D eigenvalue weighted by molar-refractivity contribution is 0.0954. The molecule has 1 amide bonds. The molecule has 1 heterocycles. The van der Waals surface area contributed by atoms with Crippen molar-refractivity contribution in [2.45, 2.75) is 18.8 Å². The van der Waals surface area contributed by atoms with Crippen molar-refractivity contribution in [2.75, 3.05) is 12.8 Å². The van der Waals surface area contributed by atoms with Gasteiger partial charge in [0.05, 0.1) is 0 Å². The van der Waals surface area contributed by atoms with Gasteiger partial charge in [0.1, 0.15) is 17.1 Å². The maximum absolute atomic E-state index is 12.4. The van der Waals surface area contributed by atoms with Crippen LogP contribution in [0.2, 0.25) is 0 Å². The second kappa shape index (κ2) is 7.65. The third-order valence-electron chi connectivity index (χ3n) is 3.64. The number of rotatable bonds is 7. The minimum absolute atomic E-state index is 0.0705. The van der Waals surface area contributed by atoms with Crippen LogP contribution in [0.1, 0.15) is 34.9 Å². The molecule has 2 aromatic rings. The summed E-state index contributed by atoms with van der Waals surface area (Å²) >= 11 is 0. The predicted octanol–water partition coefficient (Wildman–Crippen LogP) is 2.43. The molecule has 0 spiro atoms. The molecule has 1 saturated carbocycles. The highest BCUT2D eigenvalue weighted by atomic mass is 32.2. The van der Waals surface area contributed by atoms with Gasteiger partial charge in [-0.1, -0.05) is 24.3 Å². The van der Waals surface area contributed by atoms with E-state index in [0.29, 0.717) is 17.5 Å². The number of nitrogens with one attached hydrogen (secondary N) is 1. The summed E-state index contributed by atoms with van der Waals surface area (Å²) in [6.07, 6.45) is 5.97. The molecular formula is C18H19N3O4S. The highest BCUT2D eigenvalue weighted by molar-refractivity contribution is 7.93. The van der Waals surface area contributed by atoms with Gasteiger partial charge in [-0.05, 0) is 25.0 Å². The molecule has 0 bridgehead atoms. The third-order valence-corrected chi connectivity index (χ3v) is 4.33. The average molecular weight is 373 g/mol. The number of ether oxygens (including phenoxy) is 1. The number of amides is 1. The monoisotopic (exact) mass is 373 g/mol. The van der Waals surface area contributed by atoms with E-state index in [1.807, 2.05) is 18.2 Å². The Bertz CT molecular complexity index is 923. The van der Waals surface area contributed by atoms with Gasteiger partial charge in [-0.15, -0.1) is 0 Å². The molecule has 1 fully saturated rings. The number of benzene rings is 1. The zero-order valence-electron chi connectivity index (χ0n) is 14.3. The molecular weight excluding hydrogens is 354 g/mol.